The summed E-state index contributed by atoms with van der Waals surface area (Å²) in [6.45, 7) is 20.3. The zero-order valence-electron chi connectivity index (χ0n) is 29.7. The van der Waals surface area contributed by atoms with Gasteiger partial charge in [-0.25, -0.2) is 0 Å². The lowest BCUT2D eigenvalue weighted by Crippen LogP contribution is -2.52. The largest absolute Gasteiger partial charge is 0.455 e. The molecule has 270 valence electrons. The molecule has 10 unspecified atom stereocenters. The summed E-state index contributed by atoms with van der Waals surface area (Å²) in [5.41, 5.74) is 0.367. The zero-order chi connectivity index (χ0) is 34.8. The van der Waals surface area contributed by atoms with E-state index in [1.807, 2.05) is 0 Å². The van der Waals surface area contributed by atoms with Gasteiger partial charge < -0.3 is 36.7 Å². The van der Waals surface area contributed by atoms with Gasteiger partial charge in [0.1, 0.15) is 0 Å². The summed E-state index contributed by atoms with van der Waals surface area (Å²) in [6, 6.07) is 1.96. The van der Waals surface area contributed by atoms with Gasteiger partial charge in [-0.15, -0.1) is 0 Å². The number of ether oxygens (including phenoxy) is 6. The molecule has 6 fully saturated rings. The molecule has 6 heterocycles. The summed E-state index contributed by atoms with van der Waals surface area (Å²) in [5.74, 6) is -3.46. The zero-order valence-corrected chi connectivity index (χ0v) is 33.7. The van der Waals surface area contributed by atoms with Crippen molar-refractivity contribution in [3.05, 3.63) is 0 Å². The Balaban J connectivity index is 0.827. The molecular weight excluding hydrogens is 689 g/mol. The molecule has 0 N–H and O–H groups in total. The molecule has 0 aromatic heterocycles. The molecule has 4 bridgehead atoms. The van der Waals surface area contributed by atoms with Crippen LogP contribution in [0.15, 0.2) is 0 Å². The van der Waals surface area contributed by atoms with Crippen molar-refractivity contribution in [3.8, 4) is 0 Å². The maximum absolute atomic E-state index is 12.3. The van der Waals surface area contributed by atoms with Gasteiger partial charge in [-0.2, -0.15) is 0 Å². The summed E-state index contributed by atoms with van der Waals surface area (Å²) in [7, 11) is -8.34. The highest BCUT2D eigenvalue weighted by atomic mass is 28.4. The van der Waals surface area contributed by atoms with Gasteiger partial charge in [-0.05, 0) is 90.1 Å². The fourth-order valence-corrected chi connectivity index (χ4v) is 28.8. The summed E-state index contributed by atoms with van der Waals surface area (Å²) in [6.07, 6.45) is 2.43. The first-order valence-electron chi connectivity index (χ1n) is 17.8. The summed E-state index contributed by atoms with van der Waals surface area (Å²) < 4.78 is 47.7. The topological polar surface area (TPSA) is 142 Å². The SMILES string of the molecule is C[Si](C)(CCCOCCOCCC[Si](C)(C)O[Si](C)(C)C1CC2OC1C1C(=O)OC(=O)C21)O[Si](C)(C)C1CC2OC1C1C(=O)OC(=O)C21. The lowest BCUT2D eigenvalue weighted by atomic mass is 9.81. The third-order valence-electron chi connectivity index (χ3n) is 11.6. The van der Waals surface area contributed by atoms with Crippen LogP contribution < -0.4 is 0 Å². The number of cyclic esters (lactones) is 4. The fourth-order valence-electron chi connectivity index (χ4n) is 9.66. The maximum Gasteiger partial charge on any atom is 0.320 e. The first kappa shape index (κ1) is 36.7. The number of rotatable bonds is 17. The molecule has 0 saturated carbocycles. The average molecular weight is 743 g/mol. The van der Waals surface area contributed by atoms with Crippen LogP contribution >= 0.6 is 0 Å². The van der Waals surface area contributed by atoms with E-state index in [0.717, 1.165) is 37.8 Å². The second-order valence-corrected chi connectivity index (χ2v) is 34.5. The summed E-state index contributed by atoms with van der Waals surface area (Å²) >= 11 is 0. The molecule has 0 amide bonds. The lowest BCUT2D eigenvalue weighted by Gasteiger charge is -2.41. The van der Waals surface area contributed by atoms with E-state index in [-0.39, 0.29) is 35.5 Å². The Hall–Kier alpha value is -1.09. The predicted molar refractivity (Wildman–Crippen MR) is 183 cm³/mol. The Kier molecular flexibility index (Phi) is 10.3. The van der Waals surface area contributed by atoms with Crippen LogP contribution in [0.2, 0.25) is 75.5 Å². The van der Waals surface area contributed by atoms with Crippen molar-refractivity contribution in [3.63, 3.8) is 0 Å². The molecular formula is C32H54O12Si4. The van der Waals surface area contributed by atoms with Crippen molar-refractivity contribution >= 4 is 57.1 Å². The smallest absolute Gasteiger partial charge is 0.320 e. The normalized spacial score (nSPS) is 35.8. The van der Waals surface area contributed by atoms with Gasteiger partial charge >= 0.3 is 23.9 Å². The highest BCUT2D eigenvalue weighted by molar-refractivity contribution is 6.86. The Morgan fingerprint density at radius 3 is 1.27 bits per heavy atom. The Labute approximate surface area is 288 Å². The van der Waals surface area contributed by atoms with Crippen LogP contribution in [0.5, 0.6) is 0 Å². The molecule has 0 aromatic carbocycles. The highest BCUT2D eigenvalue weighted by Gasteiger charge is 2.68. The van der Waals surface area contributed by atoms with Crippen LogP contribution in [0.3, 0.4) is 0 Å². The first-order chi connectivity index (χ1) is 22.4. The van der Waals surface area contributed by atoms with Crippen molar-refractivity contribution in [2.45, 2.75) is 126 Å². The number of fused-ring (bicyclic) bond motifs is 10. The molecule has 6 rings (SSSR count). The van der Waals surface area contributed by atoms with E-state index in [1.165, 1.54) is 0 Å². The molecule has 6 aliphatic heterocycles. The van der Waals surface area contributed by atoms with Gasteiger partial charge in [0.25, 0.3) is 0 Å². The van der Waals surface area contributed by atoms with Crippen molar-refractivity contribution in [1.29, 1.82) is 0 Å². The van der Waals surface area contributed by atoms with Gasteiger partial charge in [-0.3, -0.25) is 19.2 Å². The quantitative estimate of drug-likeness (QED) is 0.0905. The molecule has 10 atom stereocenters. The molecule has 0 aromatic rings. The average Bonchev–Trinajstić information content (AvgIpc) is 3.80. The molecule has 16 heteroatoms. The molecule has 48 heavy (non-hydrogen) atoms. The number of hydrogen-bond donors (Lipinski definition) is 0. The molecule has 6 aliphatic rings. The van der Waals surface area contributed by atoms with E-state index in [9.17, 15) is 19.2 Å². The van der Waals surface area contributed by atoms with Gasteiger partial charge in [0.05, 0.1) is 61.3 Å². The van der Waals surface area contributed by atoms with E-state index in [0.29, 0.717) is 26.4 Å². The van der Waals surface area contributed by atoms with E-state index in [4.69, 9.17) is 36.7 Å². The van der Waals surface area contributed by atoms with E-state index in [2.05, 4.69) is 52.4 Å². The summed E-state index contributed by atoms with van der Waals surface area (Å²) in [5, 5.41) is 0. The lowest BCUT2D eigenvalue weighted by molar-refractivity contribution is -0.158. The van der Waals surface area contributed by atoms with E-state index < -0.39 is 80.8 Å². The van der Waals surface area contributed by atoms with Crippen LogP contribution in [-0.4, -0.2) is 108 Å². The molecule has 6 saturated heterocycles. The fraction of sp³-hybridized carbons (Fsp3) is 0.875. The van der Waals surface area contributed by atoms with Crippen molar-refractivity contribution < 1.29 is 55.8 Å². The van der Waals surface area contributed by atoms with Gasteiger partial charge in [0.2, 0.25) is 0 Å². The van der Waals surface area contributed by atoms with Crippen molar-refractivity contribution in [1.82, 2.24) is 0 Å². The first-order valence-corrected chi connectivity index (χ1v) is 30.0. The molecule has 12 nitrogen and oxygen atoms in total. The molecule has 0 aliphatic carbocycles. The Bertz CT molecular complexity index is 1190. The number of esters is 4. The van der Waals surface area contributed by atoms with Crippen LogP contribution in [0, 0.1) is 23.7 Å². The minimum atomic E-state index is -2.19. The second-order valence-electron chi connectivity index (χ2n) is 16.9. The monoisotopic (exact) mass is 742 g/mol. The standard InChI is InChI=1S/C32H54O12Si4/c1-45(2,43-47(5,6)21-17-19-23-25(27(21)39-19)31(35)41-29(23)33)15-9-11-37-13-14-38-12-10-16-46(3,4)44-48(7,8)22-18-20-24-26(28(22)40-20)32(36)42-30(24)34/h19-28H,9-18H2,1-8H3. The predicted octanol–water partition coefficient (Wildman–Crippen LogP) is 4.37. The van der Waals surface area contributed by atoms with Crippen LogP contribution in [-0.2, 0) is 55.8 Å². The third-order valence-corrected chi connectivity index (χ3v) is 28.0. The van der Waals surface area contributed by atoms with Crippen LogP contribution in [0.25, 0.3) is 0 Å². The minimum Gasteiger partial charge on any atom is -0.455 e. The van der Waals surface area contributed by atoms with E-state index in [1.54, 1.807) is 0 Å². The van der Waals surface area contributed by atoms with Crippen LogP contribution in [0.4, 0.5) is 0 Å². The highest BCUT2D eigenvalue weighted by Crippen LogP contribution is 2.57. The van der Waals surface area contributed by atoms with E-state index >= 15 is 0 Å². The molecule has 0 spiro atoms. The minimum absolute atomic E-state index is 0.183. The Morgan fingerprint density at radius 1 is 0.542 bits per heavy atom. The van der Waals surface area contributed by atoms with Crippen LogP contribution in [0.1, 0.15) is 25.7 Å². The number of carbonyl (C=O) groups is 4. The van der Waals surface area contributed by atoms with Crippen molar-refractivity contribution in [2.24, 2.45) is 23.7 Å². The number of hydrogen-bond acceptors (Lipinski definition) is 12. The van der Waals surface area contributed by atoms with Gasteiger partial charge in [0, 0.05) is 24.3 Å². The number of carbonyl (C=O) groups excluding carboxylic acids is 4. The Morgan fingerprint density at radius 2 is 0.896 bits per heavy atom. The van der Waals surface area contributed by atoms with Gasteiger partial charge in [-0.1, -0.05) is 0 Å². The third kappa shape index (κ3) is 7.17. The molecule has 0 radical (unpaired) electrons. The second kappa shape index (κ2) is 13.5. The summed E-state index contributed by atoms with van der Waals surface area (Å²) in [4.78, 5) is 48.8. The van der Waals surface area contributed by atoms with Crippen molar-refractivity contribution in [2.75, 3.05) is 26.4 Å². The van der Waals surface area contributed by atoms with Gasteiger partial charge in [0.15, 0.2) is 33.3 Å². The maximum atomic E-state index is 12.3.